The Labute approximate surface area is 319 Å². The van der Waals surface area contributed by atoms with E-state index < -0.39 is 51.3 Å². The highest BCUT2D eigenvalue weighted by Crippen LogP contribution is 2.46. The van der Waals surface area contributed by atoms with E-state index in [2.05, 4.69) is 15.4 Å². The van der Waals surface area contributed by atoms with Gasteiger partial charge in [-0.05, 0) is 56.0 Å². The number of rotatable bonds is 6. The van der Waals surface area contributed by atoms with E-state index in [1.165, 1.54) is 36.1 Å². The summed E-state index contributed by atoms with van der Waals surface area (Å²) in [4.78, 5) is 59.8. The van der Waals surface area contributed by atoms with Crippen molar-refractivity contribution in [1.82, 2.24) is 25.2 Å². The molecule has 1 saturated heterocycles. The standard InChI is InChI=1S/C41H43N5O8S/c1-26(47)46-25-31(54-37-23-34(27-12-7-6-8-13-27)43-35-21-30(53-2)17-18-33(35)37)22-36(46)39(49)44-41-24-29(41)15-9-4-3-5-10-19-42-38(48)28-14-11-16-32(20-28)55(51,52)45-40(41)50/h6-9,11-18,20-21,23,29,31,36H,3-5,10,19,22,24-25H2,1-2H3,(H,42,48)(H,44,49)(H,45,50)/b15-9+/t29-,31-,36+,41-/m1/s1. The lowest BCUT2D eigenvalue weighted by molar-refractivity contribution is -0.138. The molecular formula is C41H43N5O8S. The summed E-state index contributed by atoms with van der Waals surface area (Å²) in [5.74, 6) is -1.60. The second-order valence-corrected chi connectivity index (χ2v) is 15.9. The molecule has 3 aromatic carbocycles. The van der Waals surface area contributed by atoms with Crippen LogP contribution in [0.2, 0.25) is 0 Å². The summed E-state index contributed by atoms with van der Waals surface area (Å²) in [6.45, 7) is 1.92. The van der Waals surface area contributed by atoms with Crippen molar-refractivity contribution in [2.24, 2.45) is 5.92 Å². The Hall–Kier alpha value is -5.76. The Morgan fingerprint density at radius 3 is 2.55 bits per heavy atom. The van der Waals surface area contributed by atoms with E-state index in [-0.39, 0.29) is 35.8 Å². The predicted octanol–water partition coefficient (Wildman–Crippen LogP) is 4.52. The maximum atomic E-state index is 14.2. The first-order chi connectivity index (χ1) is 26.5. The lowest BCUT2D eigenvalue weighted by Crippen LogP contribution is -2.56. The van der Waals surface area contributed by atoms with Gasteiger partial charge in [-0.1, -0.05) is 55.0 Å². The number of fused-ring (bicyclic) bond motifs is 4. The Morgan fingerprint density at radius 1 is 0.964 bits per heavy atom. The topological polar surface area (TPSA) is 173 Å². The molecule has 2 bridgehead atoms. The molecule has 13 nitrogen and oxygen atoms in total. The van der Waals surface area contributed by atoms with Crippen molar-refractivity contribution in [2.45, 2.75) is 68.0 Å². The predicted molar refractivity (Wildman–Crippen MR) is 205 cm³/mol. The molecule has 1 saturated carbocycles. The number of hydrogen-bond donors (Lipinski definition) is 3. The van der Waals surface area contributed by atoms with Crippen LogP contribution in [0.5, 0.6) is 11.5 Å². The van der Waals surface area contributed by atoms with E-state index in [1.54, 1.807) is 13.2 Å². The minimum absolute atomic E-state index is 0.106. The molecule has 0 spiro atoms. The van der Waals surface area contributed by atoms with Gasteiger partial charge < -0.3 is 25.0 Å². The van der Waals surface area contributed by atoms with Gasteiger partial charge in [-0.2, -0.15) is 0 Å². The fraction of sp³-hybridized carbons (Fsp3) is 0.341. The van der Waals surface area contributed by atoms with Crippen LogP contribution in [0.15, 0.2) is 95.9 Å². The number of likely N-dealkylation sites (tertiary alicyclic amines) is 1. The third-order valence-corrected chi connectivity index (χ3v) is 11.7. The molecule has 0 radical (unpaired) electrons. The first-order valence-corrected chi connectivity index (χ1v) is 19.9. The number of sulfonamides is 1. The van der Waals surface area contributed by atoms with Gasteiger partial charge in [0.2, 0.25) is 11.8 Å². The molecule has 4 aromatic rings. The van der Waals surface area contributed by atoms with Gasteiger partial charge in [0.1, 0.15) is 29.2 Å². The van der Waals surface area contributed by atoms with Gasteiger partial charge in [-0.3, -0.25) is 19.2 Å². The number of hydrogen-bond acceptors (Lipinski definition) is 9. The first-order valence-electron chi connectivity index (χ1n) is 18.4. The van der Waals surface area contributed by atoms with E-state index in [1.807, 2.05) is 60.7 Å². The summed E-state index contributed by atoms with van der Waals surface area (Å²) in [6.07, 6.45) is 6.62. The van der Waals surface area contributed by atoms with Gasteiger partial charge in [0.25, 0.3) is 21.8 Å². The lowest BCUT2D eigenvalue weighted by Gasteiger charge is -2.25. The summed E-state index contributed by atoms with van der Waals surface area (Å²) >= 11 is 0. The van der Waals surface area contributed by atoms with Crippen molar-refractivity contribution in [3.63, 3.8) is 0 Å². The maximum absolute atomic E-state index is 14.2. The number of allylic oxidation sites excluding steroid dienone is 1. The molecule has 3 heterocycles. The summed E-state index contributed by atoms with van der Waals surface area (Å²) in [6, 6.07) is 21.4. The smallest absolute Gasteiger partial charge is 0.264 e. The molecule has 3 aliphatic rings. The summed E-state index contributed by atoms with van der Waals surface area (Å²) in [7, 11) is -2.85. The molecular weight excluding hydrogens is 723 g/mol. The van der Waals surface area contributed by atoms with Crippen LogP contribution in [-0.4, -0.2) is 79.8 Å². The Balaban J connectivity index is 1.14. The van der Waals surface area contributed by atoms with Crippen LogP contribution in [0.1, 0.15) is 55.8 Å². The van der Waals surface area contributed by atoms with Crippen molar-refractivity contribution in [3.8, 4) is 22.8 Å². The van der Waals surface area contributed by atoms with Crippen molar-refractivity contribution in [2.75, 3.05) is 20.2 Å². The van der Waals surface area contributed by atoms with Crippen LogP contribution in [-0.2, 0) is 24.4 Å². The average Bonchev–Trinajstić information content (AvgIpc) is 3.71. The molecule has 4 atom stereocenters. The number of benzene rings is 3. The molecule has 55 heavy (non-hydrogen) atoms. The van der Waals surface area contributed by atoms with E-state index >= 15 is 0 Å². The number of amides is 4. The number of carbonyl (C=O) groups is 4. The highest BCUT2D eigenvalue weighted by molar-refractivity contribution is 7.90. The quantitative estimate of drug-likeness (QED) is 0.239. The third kappa shape index (κ3) is 8.04. The Bertz CT molecular complexity index is 2280. The molecule has 4 amide bonds. The van der Waals surface area contributed by atoms with Crippen molar-refractivity contribution in [1.29, 1.82) is 0 Å². The van der Waals surface area contributed by atoms with E-state index in [0.717, 1.165) is 30.2 Å². The van der Waals surface area contributed by atoms with Crippen LogP contribution in [0.25, 0.3) is 22.2 Å². The van der Waals surface area contributed by atoms with Gasteiger partial charge >= 0.3 is 0 Å². The van der Waals surface area contributed by atoms with E-state index in [0.29, 0.717) is 35.7 Å². The zero-order valence-corrected chi connectivity index (χ0v) is 31.4. The van der Waals surface area contributed by atoms with E-state index in [9.17, 15) is 27.6 Å². The molecule has 1 aromatic heterocycles. The molecule has 1 aliphatic carbocycles. The fourth-order valence-electron chi connectivity index (χ4n) is 7.31. The summed E-state index contributed by atoms with van der Waals surface area (Å²) in [5, 5.41) is 6.39. The van der Waals surface area contributed by atoms with Crippen LogP contribution in [0.3, 0.4) is 0 Å². The molecule has 0 unspecified atom stereocenters. The SMILES string of the molecule is COc1ccc2c(O[C@@H]3C[C@@H](C(=O)N[C@]45C[C@H]4/C=C/CCCCCNC(=O)c4cccc(c4)S(=O)(=O)NC5=O)N(C(C)=O)C3)cc(-c3ccccc3)nc2c1. The highest BCUT2D eigenvalue weighted by atomic mass is 32.2. The van der Waals surface area contributed by atoms with Crippen molar-refractivity contribution < 1.29 is 37.1 Å². The molecule has 7 rings (SSSR count). The number of carbonyl (C=O) groups excluding carboxylic acids is 4. The second-order valence-electron chi connectivity index (χ2n) is 14.2. The van der Waals surface area contributed by atoms with Gasteiger partial charge in [0.05, 0.1) is 29.8 Å². The number of ether oxygens (including phenoxy) is 2. The number of pyridine rings is 1. The Morgan fingerprint density at radius 2 is 1.76 bits per heavy atom. The molecule has 14 heteroatoms. The highest BCUT2D eigenvalue weighted by Gasteiger charge is 2.61. The fourth-order valence-corrected chi connectivity index (χ4v) is 8.39. The lowest BCUT2D eigenvalue weighted by atomic mass is 10.1. The molecule has 286 valence electrons. The number of aromatic nitrogens is 1. The zero-order chi connectivity index (χ0) is 38.7. The molecule has 2 fully saturated rings. The van der Waals surface area contributed by atoms with Crippen molar-refractivity contribution in [3.05, 3.63) is 96.6 Å². The van der Waals surface area contributed by atoms with Crippen LogP contribution in [0, 0.1) is 5.92 Å². The summed E-state index contributed by atoms with van der Waals surface area (Å²) < 4.78 is 41.2. The van der Waals surface area contributed by atoms with Gasteiger partial charge in [-0.15, -0.1) is 0 Å². The zero-order valence-electron chi connectivity index (χ0n) is 30.6. The van der Waals surface area contributed by atoms with Gasteiger partial charge in [0.15, 0.2) is 0 Å². The van der Waals surface area contributed by atoms with Crippen molar-refractivity contribution >= 4 is 44.6 Å². The monoisotopic (exact) mass is 765 g/mol. The third-order valence-electron chi connectivity index (χ3n) is 10.4. The number of nitrogens with one attached hydrogen (secondary N) is 3. The van der Waals surface area contributed by atoms with Crippen LogP contribution in [0.4, 0.5) is 0 Å². The summed E-state index contributed by atoms with van der Waals surface area (Å²) in [5.41, 5.74) is 0.763. The van der Waals surface area contributed by atoms with E-state index in [4.69, 9.17) is 14.5 Å². The molecule has 3 N–H and O–H groups in total. The second kappa shape index (κ2) is 15.5. The number of nitrogens with zero attached hydrogens (tertiary/aromatic N) is 2. The minimum atomic E-state index is -4.43. The van der Waals surface area contributed by atoms with Crippen LogP contribution >= 0.6 is 0 Å². The largest absolute Gasteiger partial charge is 0.497 e. The average molecular weight is 766 g/mol. The molecule has 2 aliphatic heterocycles. The first kappa shape index (κ1) is 37.6. The van der Waals surface area contributed by atoms with Crippen LogP contribution < -0.4 is 24.8 Å². The Kier molecular flexibility index (Phi) is 10.6. The minimum Gasteiger partial charge on any atom is -0.497 e. The normalized spacial score (nSPS) is 24.4. The maximum Gasteiger partial charge on any atom is 0.264 e. The van der Waals surface area contributed by atoms with Gasteiger partial charge in [-0.25, -0.2) is 18.1 Å². The van der Waals surface area contributed by atoms with Gasteiger partial charge in [0, 0.05) is 54.5 Å². The number of methoxy groups -OCH3 is 1.